The van der Waals surface area contributed by atoms with Gasteiger partial charge in [0.25, 0.3) is 5.91 Å². The van der Waals surface area contributed by atoms with Crippen molar-refractivity contribution in [1.82, 2.24) is 5.32 Å². The summed E-state index contributed by atoms with van der Waals surface area (Å²) in [7, 11) is 0. The molecule has 0 spiro atoms. The molecule has 2 rings (SSSR count). The number of carbonyl (C=O) groups is 3. The number of rotatable bonds is 6. The summed E-state index contributed by atoms with van der Waals surface area (Å²) in [6.07, 6.45) is 0. The highest BCUT2D eigenvalue weighted by molar-refractivity contribution is 6.06. The summed E-state index contributed by atoms with van der Waals surface area (Å²) in [5.74, 6) is -1.84. The number of nitrogens with one attached hydrogen (secondary N) is 1. The number of benzene rings is 2. The SMILES string of the molecule is CC(=O)c1ccccc1-c1ccc(C(=O)N[C@H](CO)C(C)(C)C)cc1C(=O)O. The normalized spacial score (nSPS) is 12.3. The summed E-state index contributed by atoms with van der Waals surface area (Å²) in [6, 6.07) is 10.6. The van der Waals surface area contributed by atoms with Crippen molar-refractivity contribution in [3.05, 3.63) is 59.2 Å². The van der Waals surface area contributed by atoms with E-state index >= 15 is 0 Å². The summed E-state index contributed by atoms with van der Waals surface area (Å²) in [5.41, 5.74) is 1.02. The molecule has 148 valence electrons. The Hall–Kier alpha value is -2.99. The zero-order valence-electron chi connectivity index (χ0n) is 16.4. The van der Waals surface area contributed by atoms with E-state index < -0.39 is 17.9 Å². The Kier molecular flexibility index (Phi) is 6.36. The highest BCUT2D eigenvalue weighted by Gasteiger charge is 2.26. The van der Waals surface area contributed by atoms with Crippen LogP contribution in [-0.4, -0.2) is 40.5 Å². The van der Waals surface area contributed by atoms with Gasteiger partial charge in [0.05, 0.1) is 18.2 Å². The van der Waals surface area contributed by atoms with E-state index in [0.29, 0.717) is 16.7 Å². The van der Waals surface area contributed by atoms with Gasteiger partial charge in [0.2, 0.25) is 0 Å². The van der Waals surface area contributed by atoms with E-state index in [4.69, 9.17) is 0 Å². The molecular formula is C22H25NO5. The Morgan fingerprint density at radius 2 is 1.61 bits per heavy atom. The minimum absolute atomic E-state index is 0.0716. The molecule has 2 aromatic rings. The highest BCUT2D eigenvalue weighted by atomic mass is 16.4. The molecule has 0 aliphatic heterocycles. The molecule has 1 atom stereocenters. The van der Waals surface area contributed by atoms with Crippen LogP contribution in [0.2, 0.25) is 0 Å². The van der Waals surface area contributed by atoms with Crippen LogP contribution < -0.4 is 5.32 Å². The summed E-state index contributed by atoms with van der Waals surface area (Å²) in [5, 5.41) is 21.9. The summed E-state index contributed by atoms with van der Waals surface area (Å²) in [4.78, 5) is 36.3. The molecule has 3 N–H and O–H groups in total. The van der Waals surface area contributed by atoms with Crippen molar-refractivity contribution in [2.75, 3.05) is 6.61 Å². The van der Waals surface area contributed by atoms with Gasteiger partial charge in [-0.25, -0.2) is 4.79 Å². The number of aliphatic hydroxyl groups is 1. The number of aliphatic hydroxyl groups excluding tert-OH is 1. The quantitative estimate of drug-likeness (QED) is 0.664. The van der Waals surface area contributed by atoms with Crippen molar-refractivity contribution >= 4 is 17.7 Å². The molecule has 0 heterocycles. The molecule has 0 aliphatic carbocycles. The number of Topliss-reactive ketones (excluding diaryl/α,β-unsaturated/α-hetero) is 1. The van der Waals surface area contributed by atoms with E-state index in [9.17, 15) is 24.6 Å². The number of carboxylic acids is 1. The lowest BCUT2D eigenvalue weighted by molar-refractivity contribution is 0.0697. The van der Waals surface area contributed by atoms with Crippen LogP contribution in [0.1, 0.15) is 58.8 Å². The first kappa shape index (κ1) is 21.3. The van der Waals surface area contributed by atoms with Gasteiger partial charge in [0.15, 0.2) is 5.78 Å². The lowest BCUT2D eigenvalue weighted by Gasteiger charge is -2.29. The Morgan fingerprint density at radius 3 is 2.14 bits per heavy atom. The third-order valence-corrected chi connectivity index (χ3v) is 4.64. The molecule has 6 nitrogen and oxygen atoms in total. The molecule has 0 fully saturated rings. The second-order valence-corrected chi connectivity index (χ2v) is 7.74. The zero-order valence-corrected chi connectivity index (χ0v) is 16.4. The Morgan fingerprint density at radius 1 is 1.00 bits per heavy atom. The summed E-state index contributed by atoms with van der Waals surface area (Å²) >= 11 is 0. The van der Waals surface area contributed by atoms with E-state index in [0.717, 1.165) is 0 Å². The Bertz CT molecular complexity index is 911. The van der Waals surface area contributed by atoms with Crippen LogP contribution >= 0.6 is 0 Å². The first-order chi connectivity index (χ1) is 13.1. The van der Waals surface area contributed by atoms with E-state index in [1.54, 1.807) is 24.3 Å². The summed E-state index contributed by atoms with van der Waals surface area (Å²) in [6.45, 7) is 6.85. The van der Waals surface area contributed by atoms with Crippen LogP contribution in [0.25, 0.3) is 11.1 Å². The van der Waals surface area contributed by atoms with Gasteiger partial charge < -0.3 is 15.5 Å². The second-order valence-electron chi connectivity index (χ2n) is 7.74. The lowest BCUT2D eigenvalue weighted by Crippen LogP contribution is -2.46. The van der Waals surface area contributed by atoms with Gasteiger partial charge in [-0.2, -0.15) is 0 Å². The topological polar surface area (TPSA) is 104 Å². The molecule has 1 amide bonds. The first-order valence-electron chi connectivity index (χ1n) is 8.95. The van der Waals surface area contributed by atoms with E-state index in [2.05, 4.69) is 5.32 Å². The molecule has 0 aromatic heterocycles. The minimum Gasteiger partial charge on any atom is -0.478 e. The average Bonchev–Trinajstić information content (AvgIpc) is 2.64. The molecule has 0 saturated carbocycles. The van der Waals surface area contributed by atoms with E-state index in [1.165, 1.54) is 25.1 Å². The number of carbonyl (C=O) groups excluding carboxylic acids is 2. The number of hydrogen-bond acceptors (Lipinski definition) is 4. The molecule has 0 bridgehead atoms. The van der Waals surface area contributed by atoms with Gasteiger partial charge in [0, 0.05) is 11.1 Å². The van der Waals surface area contributed by atoms with E-state index in [-0.39, 0.29) is 28.9 Å². The number of amides is 1. The molecule has 28 heavy (non-hydrogen) atoms. The predicted molar refractivity (Wildman–Crippen MR) is 107 cm³/mol. The number of ketones is 1. The second kappa shape index (κ2) is 8.35. The van der Waals surface area contributed by atoms with Crippen molar-refractivity contribution in [3.8, 4) is 11.1 Å². The van der Waals surface area contributed by atoms with Gasteiger partial charge in [-0.3, -0.25) is 9.59 Å². The fraction of sp³-hybridized carbons (Fsp3) is 0.318. The largest absolute Gasteiger partial charge is 0.478 e. The molecule has 0 aliphatic rings. The van der Waals surface area contributed by atoms with Crippen molar-refractivity contribution in [2.24, 2.45) is 5.41 Å². The minimum atomic E-state index is -1.20. The Balaban J connectivity index is 2.49. The number of hydrogen-bond donors (Lipinski definition) is 3. The van der Waals surface area contributed by atoms with Gasteiger partial charge >= 0.3 is 5.97 Å². The van der Waals surface area contributed by atoms with Crippen molar-refractivity contribution < 1.29 is 24.6 Å². The van der Waals surface area contributed by atoms with Crippen LogP contribution in [-0.2, 0) is 0 Å². The molecule has 2 aromatic carbocycles. The maximum absolute atomic E-state index is 12.6. The van der Waals surface area contributed by atoms with Crippen molar-refractivity contribution in [2.45, 2.75) is 33.7 Å². The van der Waals surface area contributed by atoms with Crippen LogP contribution in [0.5, 0.6) is 0 Å². The summed E-state index contributed by atoms with van der Waals surface area (Å²) < 4.78 is 0. The highest BCUT2D eigenvalue weighted by Crippen LogP contribution is 2.29. The average molecular weight is 383 g/mol. The van der Waals surface area contributed by atoms with Crippen LogP contribution in [0, 0.1) is 5.41 Å². The third kappa shape index (κ3) is 4.64. The van der Waals surface area contributed by atoms with Crippen LogP contribution in [0.15, 0.2) is 42.5 Å². The fourth-order valence-electron chi connectivity index (χ4n) is 2.90. The van der Waals surface area contributed by atoms with Gasteiger partial charge in [-0.1, -0.05) is 51.1 Å². The maximum Gasteiger partial charge on any atom is 0.336 e. The molecule has 0 radical (unpaired) electrons. The lowest BCUT2D eigenvalue weighted by atomic mass is 9.87. The molecule has 6 heteroatoms. The first-order valence-corrected chi connectivity index (χ1v) is 8.95. The van der Waals surface area contributed by atoms with E-state index in [1.807, 2.05) is 20.8 Å². The Labute approximate surface area is 164 Å². The molecule has 0 unspecified atom stereocenters. The molecule has 0 saturated heterocycles. The van der Waals surface area contributed by atoms with Crippen LogP contribution in [0.3, 0.4) is 0 Å². The zero-order chi connectivity index (χ0) is 21.1. The smallest absolute Gasteiger partial charge is 0.336 e. The predicted octanol–water partition coefficient (Wildman–Crippen LogP) is 3.39. The van der Waals surface area contributed by atoms with Crippen LogP contribution in [0.4, 0.5) is 0 Å². The monoisotopic (exact) mass is 383 g/mol. The fourth-order valence-corrected chi connectivity index (χ4v) is 2.90. The number of carboxylic acid groups (broad SMARTS) is 1. The number of aromatic carboxylic acids is 1. The molecular weight excluding hydrogens is 358 g/mol. The van der Waals surface area contributed by atoms with Gasteiger partial charge in [-0.15, -0.1) is 0 Å². The maximum atomic E-state index is 12.6. The van der Waals surface area contributed by atoms with Gasteiger partial charge in [-0.05, 0) is 35.6 Å². The van der Waals surface area contributed by atoms with Crippen molar-refractivity contribution in [1.29, 1.82) is 0 Å². The standard InChI is InChI=1S/C22H25NO5/c1-13(25)15-7-5-6-8-16(15)17-10-9-14(11-18(17)21(27)28)20(26)23-19(12-24)22(2,3)4/h5-11,19,24H,12H2,1-4H3,(H,23,26)(H,27,28)/t19-/m1/s1. The van der Waals surface area contributed by atoms with Gasteiger partial charge in [0.1, 0.15) is 0 Å². The van der Waals surface area contributed by atoms with Crippen molar-refractivity contribution in [3.63, 3.8) is 0 Å². The third-order valence-electron chi connectivity index (χ3n) is 4.64.